The van der Waals surface area contributed by atoms with Gasteiger partial charge >= 0.3 is 17.9 Å². The third kappa shape index (κ3) is 28.8. The lowest BCUT2D eigenvalue weighted by Gasteiger charge is -2.30. The van der Waals surface area contributed by atoms with E-state index in [2.05, 4.69) is 77.0 Å². The van der Waals surface area contributed by atoms with Gasteiger partial charge in [0, 0.05) is 51.6 Å². The summed E-state index contributed by atoms with van der Waals surface area (Å²) in [6.45, 7) is 3.49. The Morgan fingerprint density at radius 3 is 1.39 bits per heavy atom. The number of hydrogen-bond donors (Lipinski definition) is 20. The number of rotatable bonds is 47. The van der Waals surface area contributed by atoms with Crippen LogP contribution in [0, 0.1) is 0 Å². The van der Waals surface area contributed by atoms with Gasteiger partial charge < -0.3 is 116 Å². The molecule has 0 aliphatic carbocycles. The zero-order valence-corrected chi connectivity index (χ0v) is 58.8. The zero-order chi connectivity index (χ0) is 80.5. The molecule has 0 unspecified atom stereocenters. The maximum Gasteiger partial charge on any atom is 0.326 e. The molecule has 3 aliphatic rings. The Morgan fingerprint density at radius 1 is 0.472 bits per heavy atom. The van der Waals surface area contributed by atoms with Crippen LogP contribution in [0.2, 0.25) is 0 Å². The fourth-order valence-corrected chi connectivity index (χ4v) is 11.6. The molecule has 42 heteroatoms. The summed E-state index contributed by atoms with van der Waals surface area (Å²) in [5, 5.41) is 76.9. The molecule has 13 atom stereocenters. The van der Waals surface area contributed by atoms with Gasteiger partial charge in [0.05, 0.1) is 26.2 Å². The minimum Gasteiger partial charge on any atom is -0.481 e. The van der Waals surface area contributed by atoms with Crippen molar-refractivity contribution in [2.45, 2.75) is 194 Å². The third-order valence-electron chi connectivity index (χ3n) is 17.2. The van der Waals surface area contributed by atoms with Gasteiger partial charge in [-0.3, -0.25) is 91.1 Å². The Kier molecular flexibility index (Phi) is 36.1. The third-order valence-corrected chi connectivity index (χ3v) is 17.2. The first-order valence-electron chi connectivity index (χ1n) is 34.3. The van der Waals surface area contributed by atoms with Crippen molar-refractivity contribution in [1.82, 2.24) is 73.6 Å². The molecule has 1 aromatic carbocycles. The zero-order valence-electron chi connectivity index (χ0n) is 58.8. The monoisotopic (exact) mass is 1520 g/mol. The van der Waals surface area contributed by atoms with Crippen LogP contribution in [0.15, 0.2) is 55.6 Å². The first-order valence-corrected chi connectivity index (χ1v) is 34.3. The van der Waals surface area contributed by atoms with Gasteiger partial charge in [0.25, 0.3) is 0 Å². The van der Waals surface area contributed by atoms with Gasteiger partial charge in [-0.05, 0) is 76.2 Å². The maximum absolute atomic E-state index is 14.1. The molecule has 3 heterocycles. The van der Waals surface area contributed by atoms with Crippen LogP contribution < -0.4 is 81.0 Å². The number of nitrogens with two attached hydrogens (primary N) is 3. The Labute approximate surface area is 616 Å². The molecule has 0 radical (unpaired) electrons. The van der Waals surface area contributed by atoms with E-state index >= 15 is 0 Å². The number of aliphatic hydroxyl groups excluding tert-OH is 2. The maximum atomic E-state index is 14.1. The number of carboxylic acid groups (broad SMARTS) is 3. The minimum absolute atomic E-state index is 0.0592. The highest BCUT2D eigenvalue weighted by molar-refractivity contribution is 6.01. The van der Waals surface area contributed by atoms with Crippen LogP contribution in [0.4, 0.5) is 0 Å². The molecule has 108 heavy (non-hydrogen) atoms. The minimum atomic E-state index is -2.02. The largest absolute Gasteiger partial charge is 0.481 e. The lowest BCUT2D eigenvalue weighted by molar-refractivity contribution is -0.145. The van der Waals surface area contributed by atoms with Crippen LogP contribution in [-0.4, -0.2) is 265 Å². The normalized spacial score (nSPS) is 17.8. The van der Waals surface area contributed by atoms with E-state index in [-0.39, 0.29) is 70.4 Å². The Hall–Kier alpha value is -12.0. The number of hydrogen-bond acceptors (Lipinski definition) is 22. The van der Waals surface area contributed by atoms with E-state index in [0.717, 1.165) is 15.9 Å². The van der Waals surface area contributed by atoms with E-state index in [4.69, 9.17) is 17.2 Å². The Bertz CT molecular complexity index is 3540. The molecular formula is C66H93N17O25. The van der Waals surface area contributed by atoms with Gasteiger partial charge in [-0.1, -0.05) is 42.5 Å². The second-order valence-electron chi connectivity index (χ2n) is 25.4. The van der Waals surface area contributed by atoms with Crippen molar-refractivity contribution in [2.75, 3.05) is 32.8 Å². The quantitative estimate of drug-likeness (QED) is 0.0270. The lowest BCUT2D eigenvalue weighted by Crippen LogP contribution is -2.61. The van der Waals surface area contributed by atoms with Crippen molar-refractivity contribution in [2.24, 2.45) is 17.2 Å². The van der Waals surface area contributed by atoms with Gasteiger partial charge in [0.15, 0.2) is 0 Å². The van der Waals surface area contributed by atoms with E-state index in [1.54, 1.807) is 30.3 Å². The van der Waals surface area contributed by atoms with Gasteiger partial charge in [-0.15, -0.1) is 13.2 Å². The molecule has 0 bridgehead atoms. The van der Waals surface area contributed by atoms with Crippen molar-refractivity contribution in [3.05, 3.63) is 61.2 Å². The van der Waals surface area contributed by atoms with Crippen LogP contribution in [0.25, 0.3) is 0 Å². The summed E-state index contributed by atoms with van der Waals surface area (Å²) in [6, 6.07) is -12.7. The fourth-order valence-electron chi connectivity index (χ4n) is 11.6. The molecule has 0 aromatic heterocycles. The van der Waals surface area contributed by atoms with E-state index < -0.39 is 275 Å². The number of likely N-dealkylation sites (tertiary alicyclic amines) is 2. The molecule has 42 nitrogen and oxygen atoms in total. The number of carboxylic acids is 3. The highest BCUT2D eigenvalue weighted by Crippen LogP contribution is 2.22. The highest BCUT2D eigenvalue weighted by atomic mass is 16.4. The molecule has 4 rings (SSSR count). The van der Waals surface area contributed by atoms with Gasteiger partial charge in [0.2, 0.25) is 100 Å². The van der Waals surface area contributed by atoms with Gasteiger partial charge in [-0.2, -0.15) is 0 Å². The number of nitrogens with zero attached hydrogens (tertiary/aromatic N) is 2. The standard InChI is InChI=1S/C66H93N17O25/c1-3-10-34(73-60(101)42(29-49(69)88)79-58(99)38(20-25-53(93)94)75-62(103)45-14-9-27-83(45)65(106)44(32-85)81-59(100)41(28-33-12-6-5-7-13-33)78-56(97)36-18-23-50(89)71-36)55(96)74-35(16-21-47(67)86)54(95)70-30-51(90)72-37(19-24-52(91)92)57(98)80-43(31-84)61(102)76-39(17-22-48(68)87)64(105)82-26-8-15-46(82)63(104)77-40(11-4-2)66(107)108/h3-7,12-13,34-46,84-85H,1-2,8-11,14-32H2,(H2,67,86)(H2,68,87)(H2,69,88)(H,70,95)(H,71,89)(H,72,90)(H,73,101)(H,74,96)(H,75,103)(H,76,102)(H,77,104)(H,78,97)(H,79,99)(H,80,98)(H,81,100)(H,91,92)(H,93,94)(H,107,108)/t34-,35-,36-,37-,38-,39-,40-,41-,42-,43-,44-,45-,46-/m0/s1. The molecule has 0 spiro atoms. The Morgan fingerprint density at radius 2 is 0.889 bits per heavy atom. The van der Waals surface area contributed by atoms with Crippen LogP contribution in [0.1, 0.15) is 115 Å². The van der Waals surface area contributed by atoms with Crippen LogP contribution in [-0.2, 0) is 102 Å². The molecule has 592 valence electrons. The summed E-state index contributed by atoms with van der Waals surface area (Å²) in [4.78, 5) is 265. The smallest absolute Gasteiger partial charge is 0.326 e. The Balaban J connectivity index is 1.46. The summed E-state index contributed by atoms with van der Waals surface area (Å²) in [6.07, 6.45) is -4.05. The van der Waals surface area contributed by atoms with Gasteiger partial charge in [0.1, 0.15) is 78.5 Å². The molecule has 23 N–H and O–H groups in total. The average molecular weight is 1520 g/mol. The lowest BCUT2D eigenvalue weighted by atomic mass is 10.0. The van der Waals surface area contributed by atoms with Gasteiger partial charge in [-0.25, -0.2) is 4.79 Å². The van der Waals surface area contributed by atoms with Crippen LogP contribution in [0.3, 0.4) is 0 Å². The second kappa shape index (κ2) is 44.1. The summed E-state index contributed by atoms with van der Waals surface area (Å²) < 4.78 is 0. The number of benzene rings is 1. The van der Waals surface area contributed by atoms with E-state index in [1.165, 1.54) is 6.08 Å². The van der Waals surface area contributed by atoms with E-state index in [9.17, 15) is 121 Å². The first-order chi connectivity index (χ1) is 51.1. The molecular weight excluding hydrogens is 1430 g/mol. The summed E-state index contributed by atoms with van der Waals surface area (Å²) >= 11 is 0. The first kappa shape index (κ1) is 88.4. The molecule has 17 amide bonds. The highest BCUT2D eigenvalue weighted by Gasteiger charge is 2.43. The molecule has 3 aliphatic heterocycles. The molecule has 0 saturated carbocycles. The summed E-state index contributed by atoms with van der Waals surface area (Å²) in [5.74, 6) is -22.3. The van der Waals surface area contributed by atoms with Crippen molar-refractivity contribution < 1.29 is 121 Å². The molecule has 1 aromatic rings. The SMILES string of the molecule is C=CC[C@H](NC(=O)[C@@H]1CCCN1C(=O)[C@H](CCC(N)=O)NC(=O)[C@H](CO)NC(=O)[C@H](CCC(=O)O)NC(=O)CNC(=O)[C@H](CCC(N)=O)NC(=O)[C@H](CC=C)NC(=O)[C@H](CC(N)=O)NC(=O)[C@H](CCC(=O)O)NC(=O)[C@@H]1CCCN1C(=O)[C@H](CO)NC(=O)[C@H](Cc1ccccc1)NC(=O)[C@@H]1CCC(=O)N1)C(=O)O. The number of carbonyl (C=O) groups is 20. The number of primary amides is 3. The second-order valence-corrected chi connectivity index (χ2v) is 25.4. The predicted molar refractivity (Wildman–Crippen MR) is 369 cm³/mol. The fraction of sp³-hybridized carbons (Fsp3) is 0.545. The van der Waals surface area contributed by atoms with Crippen LogP contribution in [0.5, 0.6) is 0 Å². The van der Waals surface area contributed by atoms with Crippen molar-refractivity contribution in [3.8, 4) is 0 Å². The number of nitrogens with one attached hydrogen (secondary N) is 12. The molecule has 3 fully saturated rings. The number of aliphatic carboxylic acids is 3. The number of aliphatic hydroxyl groups is 2. The molecule has 3 saturated heterocycles. The number of amides is 17. The van der Waals surface area contributed by atoms with Crippen molar-refractivity contribution >= 4 is 118 Å². The topological polar surface area (TPSA) is 671 Å². The van der Waals surface area contributed by atoms with Crippen LogP contribution >= 0.6 is 0 Å². The van der Waals surface area contributed by atoms with Crippen molar-refractivity contribution in [1.29, 1.82) is 0 Å². The predicted octanol–water partition coefficient (Wildman–Crippen LogP) is -9.19. The summed E-state index contributed by atoms with van der Waals surface area (Å²) in [7, 11) is 0. The van der Waals surface area contributed by atoms with E-state index in [1.807, 2.05) is 0 Å². The average Bonchev–Trinajstić information content (AvgIpc) is 1.61. The number of carbonyl (C=O) groups excluding carboxylic acids is 17. The summed E-state index contributed by atoms with van der Waals surface area (Å²) in [5.41, 5.74) is 16.7. The van der Waals surface area contributed by atoms with Crippen molar-refractivity contribution in [3.63, 3.8) is 0 Å². The van der Waals surface area contributed by atoms with E-state index in [0.29, 0.717) is 5.56 Å².